The maximum Gasteiger partial charge on any atom is 0.315 e. The molecule has 2 heterocycles. The Kier molecular flexibility index (Phi) is 5.26. The molecule has 0 unspecified atom stereocenters. The van der Waals surface area contributed by atoms with E-state index in [-0.39, 0.29) is 12.1 Å². The molecule has 0 spiro atoms. The summed E-state index contributed by atoms with van der Waals surface area (Å²) in [4.78, 5) is 16.0. The Hall–Kier alpha value is -2.34. The van der Waals surface area contributed by atoms with Gasteiger partial charge < -0.3 is 19.9 Å². The molecule has 1 aromatic heterocycles. The van der Waals surface area contributed by atoms with Crippen molar-refractivity contribution in [2.45, 2.75) is 32.0 Å². The molecule has 6 heteroatoms. The Balaban J connectivity index is 1.50. The molecule has 0 aliphatic carbocycles. The van der Waals surface area contributed by atoms with Crippen LogP contribution in [0.3, 0.4) is 0 Å². The lowest BCUT2D eigenvalue weighted by Crippen LogP contribution is -2.39. The van der Waals surface area contributed by atoms with Crippen LogP contribution in [-0.4, -0.2) is 34.8 Å². The van der Waals surface area contributed by atoms with E-state index in [0.29, 0.717) is 13.1 Å². The number of ether oxygens (including phenoxy) is 1. The van der Waals surface area contributed by atoms with Crippen molar-refractivity contribution in [3.63, 3.8) is 0 Å². The monoisotopic (exact) mass is 314 g/mol. The van der Waals surface area contributed by atoms with E-state index in [1.807, 2.05) is 29.0 Å². The van der Waals surface area contributed by atoms with Crippen molar-refractivity contribution in [2.24, 2.45) is 0 Å². The second kappa shape index (κ2) is 7.78. The molecule has 3 rings (SSSR count). The Bertz CT molecular complexity index is 621. The van der Waals surface area contributed by atoms with Crippen molar-refractivity contribution in [3.05, 3.63) is 54.1 Å². The van der Waals surface area contributed by atoms with Gasteiger partial charge in [0, 0.05) is 38.6 Å². The standard InChI is InChI=1S/C17H22N4O2/c22-17(20-11-16-6-3-9-23-16)19-10-14-4-1-2-5-15(14)12-21-8-7-18-13-21/h1-2,4-5,7-8,13,16H,3,6,9-12H2,(H2,19,20,22)/t16-/m1/s1. The topological polar surface area (TPSA) is 68.2 Å². The van der Waals surface area contributed by atoms with Crippen LogP contribution < -0.4 is 10.6 Å². The number of nitrogens with one attached hydrogen (secondary N) is 2. The molecular formula is C17H22N4O2. The summed E-state index contributed by atoms with van der Waals surface area (Å²) in [7, 11) is 0. The van der Waals surface area contributed by atoms with Crippen LogP contribution in [0.5, 0.6) is 0 Å². The van der Waals surface area contributed by atoms with Crippen molar-refractivity contribution < 1.29 is 9.53 Å². The first-order valence-corrected chi connectivity index (χ1v) is 7.97. The number of hydrogen-bond acceptors (Lipinski definition) is 3. The van der Waals surface area contributed by atoms with Crippen molar-refractivity contribution in [1.82, 2.24) is 20.2 Å². The molecule has 1 aliphatic rings. The number of rotatable bonds is 6. The molecule has 6 nitrogen and oxygen atoms in total. The van der Waals surface area contributed by atoms with E-state index in [2.05, 4.69) is 21.7 Å². The fraction of sp³-hybridized carbons (Fsp3) is 0.412. The third-order valence-corrected chi connectivity index (χ3v) is 3.98. The second-order valence-corrected chi connectivity index (χ2v) is 5.70. The Morgan fingerprint density at radius 2 is 2.17 bits per heavy atom. The first kappa shape index (κ1) is 15.6. The molecule has 1 aliphatic heterocycles. The lowest BCUT2D eigenvalue weighted by Gasteiger charge is -2.13. The molecule has 1 saturated heterocycles. The molecule has 1 fully saturated rings. The zero-order valence-electron chi connectivity index (χ0n) is 13.1. The Labute approximate surface area is 135 Å². The average Bonchev–Trinajstić information content (AvgIpc) is 3.25. The fourth-order valence-corrected chi connectivity index (χ4v) is 2.71. The maximum atomic E-state index is 11.9. The highest BCUT2D eigenvalue weighted by molar-refractivity contribution is 5.73. The summed E-state index contributed by atoms with van der Waals surface area (Å²) in [5, 5.41) is 5.78. The lowest BCUT2D eigenvalue weighted by atomic mass is 10.1. The predicted octanol–water partition coefficient (Wildman–Crippen LogP) is 1.91. The van der Waals surface area contributed by atoms with Gasteiger partial charge in [-0.15, -0.1) is 0 Å². The van der Waals surface area contributed by atoms with Crippen molar-refractivity contribution in [2.75, 3.05) is 13.2 Å². The van der Waals surface area contributed by atoms with E-state index in [0.717, 1.165) is 31.6 Å². The largest absolute Gasteiger partial charge is 0.376 e. The van der Waals surface area contributed by atoms with Crippen molar-refractivity contribution in [1.29, 1.82) is 0 Å². The lowest BCUT2D eigenvalue weighted by molar-refractivity contribution is 0.111. The molecule has 23 heavy (non-hydrogen) atoms. The molecule has 1 atom stereocenters. The number of carbonyl (C=O) groups is 1. The van der Waals surface area contributed by atoms with Crippen LogP contribution >= 0.6 is 0 Å². The number of benzene rings is 1. The van der Waals surface area contributed by atoms with Gasteiger partial charge in [0.05, 0.1) is 12.4 Å². The molecule has 2 aromatic rings. The number of amides is 2. The van der Waals surface area contributed by atoms with Crippen LogP contribution in [0.25, 0.3) is 0 Å². The minimum Gasteiger partial charge on any atom is -0.376 e. The van der Waals surface area contributed by atoms with Crippen LogP contribution in [0.2, 0.25) is 0 Å². The maximum absolute atomic E-state index is 11.9. The number of nitrogens with zero attached hydrogens (tertiary/aromatic N) is 2. The Morgan fingerprint density at radius 3 is 2.91 bits per heavy atom. The summed E-state index contributed by atoms with van der Waals surface area (Å²) in [5.74, 6) is 0. The van der Waals surface area contributed by atoms with Gasteiger partial charge in [-0.2, -0.15) is 0 Å². The second-order valence-electron chi connectivity index (χ2n) is 5.70. The van der Waals surface area contributed by atoms with Crippen molar-refractivity contribution >= 4 is 6.03 Å². The van der Waals surface area contributed by atoms with Crippen LogP contribution in [0.15, 0.2) is 43.0 Å². The highest BCUT2D eigenvalue weighted by Crippen LogP contribution is 2.11. The van der Waals surface area contributed by atoms with E-state index >= 15 is 0 Å². The van der Waals surface area contributed by atoms with Gasteiger partial charge in [0.25, 0.3) is 0 Å². The quantitative estimate of drug-likeness (QED) is 0.856. The zero-order valence-corrected chi connectivity index (χ0v) is 13.1. The fourth-order valence-electron chi connectivity index (χ4n) is 2.71. The van der Waals surface area contributed by atoms with E-state index in [4.69, 9.17) is 4.74 Å². The van der Waals surface area contributed by atoms with Crippen LogP contribution in [-0.2, 0) is 17.8 Å². The summed E-state index contributed by atoms with van der Waals surface area (Å²) in [6.45, 7) is 2.62. The average molecular weight is 314 g/mol. The summed E-state index contributed by atoms with van der Waals surface area (Å²) in [6, 6.07) is 7.94. The number of carbonyl (C=O) groups excluding carboxylic acids is 1. The Morgan fingerprint density at radius 1 is 1.30 bits per heavy atom. The number of aromatic nitrogens is 2. The first-order chi connectivity index (χ1) is 11.3. The van der Waals surface area contributed by atoms with Gasteiger partial charge in [-0.05, 0) is 24.0 Å². The summed E-state index contributed by atoms with van der Waals surface area (Å²) in [5.41, 5.74) is 2.28. The van der Waals surface area contributed by atoms with Gasteiger partial charge in [-0.3, -0.25) is 0 Å². The van der Waals surface area contributed by atoms with Gasteiger partial charge in [0.15, 0.2) is 0 Å². The van der Waals surface area contributed by atoms with Gasteiger partial charge in [-0.1, -0.05) is 24.3 Å². The molecule has 2 N–H and O–H groups in total. The molecular weight excluding hydrogens is 292 g/mol. The minimum atomic E-state index is -0.155. The van der Waals surface area contributed by atoms with Gasteiger partial charge in [-0.25, -0.2) is 9.78 Å². The van der Waals surface area contributed by atoms with Crippen LogP contribution in [0.4, 0.5) is 4.79 Å². The van der Waals surface area contributed by atoms with E-state index in [1.54, 1.807) is 12.5 Å². The van der Waals surface area contributed by atoms with Crippen LogP contribution in [0, 0.1) is 0 Å². The van der Waals surface area contributed by atoms with Crippen molar-refractivity contribution in [3.8, 4) is 0 Å². The smallest absolute Gasteiger partial charge is 0.315 e. The molecule has 1 aromatic carbocycles. The predicted molar refractivity (Wildman–Crippen MR) is 87.0 cm³/mol. The molecule has 122 valence electrons. The van der Waals surface area contributed by atoms with Crippen LogP contribution in [0.1, 0.15) is 24.0 Å². The molecule has 0 bridgehead atoms. The SMILES string of the molecule is O=C(NCc1ccccc1Cn1ccnc1)NC[C@H]1CCCO1. The normalized spacial score (nSPS) is 17.1. The summed E-state index contributed by atoms with van der Waals surface area (Å²) in [6.07, 6.45) is 7.74. The van der Waals surface area contributed by atoms with E-state index in [1.165, 1.54) is 5.56 Å². The first-order valence-electron chi connectivity index (χ1n) is 7.97. The third kappa shape index (κ3) is 4.56. The van der Waals surface area contributed by atoms with Gasteiger partial charge in [0.2, 0.25) is 0 Å². The van der Waals surface area contributed by atoms with E-state index < -0.39 is 0 Å². The summed E-state index contributed by atoms with van der Waals surface area (Å²) >= 11 is 0. The summed E-state index contributed by atoms with van der Waals surface area (Å²) < 4.78 is 7.50. The minimum absolute atomic E-state index is 0.155. The number of imidazole rings is 1. The highest BCUT2D eigenvalue weighted by atomic mass is 16.5. The van der Waals surface area contributed by atoms with Gasteiger partial charge in [0.1, 0.15) is 0 Å². The highest BCUT2D eigenvalue weighted by Gasteiger charge is 2.16. The number of hydrogen-bond donors (Lipinski definition) is 2. The zero-order chi connectivity index (χ0) is 15.9. The number of urea groups is 1. The third-order valence-electron chi connectivity index (χ3n) is 3.98. The molecule has 0 radical (unpaired) electrons. The molecule has 2 amide bonds. The molecule has 0 saturated carbocycles. The van der Waals surface area contributed by atoms with E-state index in [9.17, 15) is 4.79 Å². The van der Waals surface area contributed by atoms with Gasteiger partial charge >= 0.3 is 6.03 Å².